The van der Waals surface area contributed by atoms with Gasteiger partial charge in [-0.15, -0.1) is 0 Å². The number of rotatable bonds is 7. The highest BCUT2D eigenvalue weighted by atomic mass is 32.2. The van der Waals surface area contributed by atoms with Crippen LogP contribution in [0.1, 0.15) is 34.1 Å². The van der Waals surface area contributed by atoms with Gasteiger partial charge in [-0.25, -0.2) is 4.72 Å². The predicted octanol–water partition coefficient (Wildman–Crippen LogP) is 0.227. The molecule has 5 nitrogen and oxygen atoms in total. The summed E-state index contributed by atoms with van der Waals surface area (Å²) in [6.07, 6.45) is 0.557. The maximum atomic E-state index is 11.2. The van der Waals surface area contributed by atoms with Crippen LogP contribution in [-0.2, 0) is 10.2 Å². The number of nitrogens with one attached hydrogen (secondary N) is 2. The summed E-state index contributed by atoms with van der Waals surface area (Å²) in [6.45, 7) is 7.65. The van der Waals surface area contributed by atoms with Gasteiger partial charge < -0.3 is 5.11 Å². The molecule has 0 spiro atoms. The zero-order valence-electron chi connectivity index (χ0n) is 9.87. The first-order chi connectivity index (χ1) is 6.68. The lowest BCUT2D eigenvalue weighted by molar-refractivity contribution is 0.0436. The second kappa shape index (κ2) is 5.79. The van der Waals surface area contributed by atoms with Crippen LogP contribution in [0, 0.1) is 5.92 Å². The normalized spacial score (nSPS) is 16.7. The van der Waals surface area contributed by atoms with Crippen LogP contribution in [-0.4, -0.2) is 32.2 Å². The van der Waals surface area contributed by atoms with E-state index < -0.39 is 15.8 Å². The van der Waals surface area contributed by atoms with Crippen molar-refractivity contribution in [2.45, 2.75) is 39.7 Å². The minimum atomic E-state index is -3.46. The SMILES string of the molecule is CCNS(=O)(=O)NCC(C)(O)CC(C)C. The summed E-state index contributed by atoms with van der Waals surface area (Å²) in [4.78, 5) is 0. The summed E-state index contributed by atoms with van der Waals surface area (Å²) in [6, 6.07) is 0. The fourth-order valence-electron chi connectivity index (χ4n) is 1.44. The average Bonchev–Trinajstić information content (AvgIpc) is 1.99. The smallest absolute Gasteiger partial charge is 0.276 e. The van der Waals surface area contributed by atoms with E-state index in [0.29, 0.717) is 18.9 Å². The molecule has 0 saturated carbocycles. The maximum Gasteiger partial charge on any atom is 0.276 e. The molecule has 0 bridgehead atoms. The maximum absolute atomic E-state index is 11.2. The summed E-state index contributed by atoms with van der Waals surface area (Å²) in [5.41, 5.74) is -1.00. The van der Waals surface area contributed by atoms with Crippen LogP contribution in [0.25, 0.3) is 0 Å². The molecule has 92 valence electrons. The first kappa shape index (κ1) is 14.8. The van der Waals surface area contributed by atoms with E-state index in [0.717, 1.165) is 0 Å². The van der Waals surface area contributed by atoms with Crippen LogP contribution in [0.4, 0.5) is 0 Å². The van der Waals surface area contributed by atoms with Crippen LogP contribution in [0.2, 0.25) is 0 Å². The first-order valence-electron chi connectivity index (χ1n) is 5.15. The van der Waals surface area contributed by atoms with E-state index in [-0.39, 0.29) is 6.54 Å². The van der Waals surface area contributed by atoms with Crippen molar-refractivity contribution in [3.05, 3.63) is 0 Å². The molecule has 0 aromatic heterocycles. The monoisotopic (exact) mass is 238 g/mol. The van der Waals surface area contributed by atoms with E-state index in [1.165, 1.54) is 0 Å². The van der Waals surface area contributed by atoms with Gasteiger partial charge in [0.25, 0.3) is 10.2 Å². The molecule has 15 heavy (non-hydrogen) atoms. The molecule has 1 unspecified atom stereocenters. The van der Waals surface area contributed by atoms with Crippen LogP contribution in [0.15, 0.2) is 0 Å². The third-order valence-corrected chi connectivity index (χ3v) is 3.02. The minimum Gasteiger partial charge on any atom is -0.389 e. The standard InChI is InChI=1S/C9H22N2O3S/c1-5-10-15(13,14)11-7-9(4,12)6-8(2)3/h8,10-12H,5-7H2,1-4H3. The second-order valence-corrected chi connectivity index (χ2v) is 6.00. The lowest BCUT2D eigenvalue weighted by Crippen LogP contribution is -2.45. The Morgan fingerprint density at radius 3 is 2.27 bits per heavy atom. The van der Waals surface area contributed by atoms with Crippen molar-refractivity contribution in [3.63, 3.8) is 0 Å². The third-order valence-electron chi connectivity index (χ3n) is 1.83. The van der Waals surface area contributed by atoms with Gasteiger partial charge in [0, 0.05) is 13.1 Å². The van der Waals surface area contributed by atoms with Gasteiger partial charge in [-0.1, -0.05) is 20.8 Å². The van der Waals surface area contributed by atoms with E-state index in [9.17, 15) is 13.5 Å². The van der Waals surface area contributed by atoms with Crippen molar-refractivity contribution in [3.8, 4) is 0 Å². The molecular weight excluding hydrogens is 216 g/mol. The molecule has 0 aromatic carbocycles. The van der Waals surface area contributed by atoms with Crippen molar-refractivity contribution in [2.75, 3.05) is 13.1 Å². The van der Waals surface area contributed by atoms with E-state index in [4.69, 9.17) is 0 Å². The molecule has 0 aliphatic rings. The Morgan fingerprint density at radius 2 is 1.87 bits per heavy atom. The van der Waals surface area contributed by atoms with Crippen LogP contribution < -0.4 is 9.44 Å². The number of hydrogen-bond acceptors (Lipinski definition) is 3. The Labute approximate surface area is 92.4 Å². The lowest BCUT2D eigenvalue weighted by atomic mass is 9.95. The highest BCUT2D eigenvalue weighted by molar-refractivity contribution is 7.87. The third kappa shape index (κ3) is 7.72. The number of hydrogen-bond donors (Lipinski definition) is 3. The Morgan fingerprint density at radius 1 is 1.33 bits per heavy atom. The molecule has 6 heteroatoms. The Balaban J connectivity index is 4.14. The van der Waals surface area contributed by atoms with Crippen molar-refractivity contribution in [1.82, 2.24) is 9.44 Å². The van der Waals surface area contributed by atoms with Crippen LogP contribution in [0.3, 0.4) is 0 Å². The topological polar surface area (TPSA) is 78.4 Å². The zero-order chi connectivity index (χ0) is 12.1. The number of aliphatic hydroxyl groups is 1. The summed E-state index contributed by atoms with van der Waals surface area (Å²) >= 11 is 0. The van der Waals surface area contributed by atoms with E-state index >= 15 is 0 Å². The van der Waals surface area contributed by atoms with Gasteiger partial charge in [0.1, 0.15) is 0 Å². The van der Waals surface area contributed by atoms with E-state index in [1.807, 2.05) is 13.8 Å². The van der Waals surface area contributed by atoms with Crippen molar-refractivity contribution >= 4 is 10.2 Å². The predicted molar refractivity (Wildman–Crippen MR) is 60.7 cm³/mol. The first-order valence-corrected chi connectivity index (χ1v) is 6.63. The minimum absolute atomic E-state index is 0.0283. The molecule has 0 amide bonds. The molecule has 1 atom stereocenters. The summed E-state index contributed by atoms with van der Waals surface area (Å²) in [5, 5.41) is 9.86. The molecule has 0 saturated heterocycles. The van der Waals surface area contributed by atoms with Crippen molar-refractivity contribution in [1.29, 1.82) is 0 Å². The highest BCUT2D eigenvalue weighted by Crippen LogP contribution is 2.15. The molecule has 0 heterocycles. The van der Waals surface area contributed by atoms with Gasteiger partial charge in [-0.05, 0) is 19.3 Å². The second-order valence-electron chi connectivity index (χ2n) is 4.42. The Kier molecular flexibility index (Phi) is 5.72. The fraction of sp³-hybridized carbons (Fsp3) is 1.00. The Bertz CT molecular complexity index is 273. The Hall–Kier alpha value is -0.170. The summed E-state index contributed by atoms with van der Waals surface area (Å²) in [5.74, 6) is 0.323. The van der Waals surface area contributed by atoms with Gasteiger partial charge in [-0.2, -0.15) is 13.1 Å². The van der Waals surface area contributed by atoms with Crippen molar-refractivity contribution < 1.29 is 13.5 Å². The van der Waals surface area contributed by atoms with E-state index in [1.54, 1.807) is 13.8 Å². The largest absolute Gasteiger partial charge is 0.389 e. The van der Waals surface area contributed by atoms with Crippen LogP contribution >= 0.6 is 0 Å². The molecule has 3 N–H and O–H groups in total. The quantitative estimate of drug-likeness (QED) is 0.594. The molecule has 0 rings (SSSR count). The average molecular weight is 238 g/mol. The summed E-state index contributed by atoms with van der Waals surface area (Å²) in [7, 11) is -3.46. The molecule has 0 aromatic rings. The molecule has 0 fully saturated rings. The summed E-state index contributed by atoms with van der Waals surface area (Å²) < 4.78 is 27.1. The molecular formula is C9H22N2O3S. The van der Waals surface area contributed by atoms with Crippen molar-refractivity contribution in [2.24, 2.45) is 5.92 Å². The van der Waals surface area contributed by atoms with Gasteiger partial charge in [-0.3, -0.25) is 0 Å². The lowest BCUT2D eigenvalue weighted by Gasteiger charge is -2.25. The molecule has 0 aliphatic carbocycles. The van der Waals surface area contributed by atoms with Gasteiger partial charge in [0.2, 0.25) is 0 Å². The fourth-order valence-corrected chi connectivity index (χ4v) is 2.43. The zero-order valence-corrected chi connectivity index (χ0v) is 10.7. The molecule has 0 radical (unpaired) electrons. The van der Waals surface area contributed by atoms with E-state index in [2.05, 4.69) is 9.44 Å². The van der Waals surface area contributed by atoms with Gasteiger partial charge >= 0.3 is 0 Å². The molecule has 0 aliphatic heterocycles. The highest BCUT2D eigenvalue weighted by Gasteiger charge is 2.23. The van der Waals surface area contributed by atoms with Gasteiger partial charge in [0.15, 0.2) is 0 Å². The van der Waals surface area contributed by atoms with Gasteiger partial charge in [0.05, 0.1) is 5.60 Å². The van der Waals surface area contributed by atoms with Crippen LogP contribution in [0.5, 0.6) is 0 Å².